The van der Waals surface area contributed by atoms with Gasteiger partial charge in [-0.2, -0.15) is 5.26 Å². The van der Waals surface area contributed by atoms with E-state index in [4.69, 9.17) is 0 Å². The summed E-state index contributed by atoms with van der Waals surface area (Å²) in [5, 5.41) is 9.41. The Morgan fingerprint density at radius 1 is 0.952 bits per heavy atom. The summed E-state index contributed by atoms with van der Waals surface area (Å²) in [6.07, 6.45) is 12.1. The lowest BCUT2D eigenvalue weighted by Crippen LogP contribution is -2.51. The molecule has 2 aliphatic carbocycles. The lowest BCUT2D eigenvalue weighted by atomic mass is 9.86. The summed E-state index contributed by atoms with van der Waals surface area (Å²) in [6.45, 7) is 3.98. The quantitative estimate of drug-likeness (QED) is 0.775. The topological polar surface area (TPSA) is 44.1 Å². The van der Waals surface area contributed by atoms with Gasteiger partial charge >= 0.3 is 0 Å². The Bertz CT molecular complexity index is 355. The highest BCUT2D eigenvalue weighted by Gasteiger charge is 2.36. The van der Waals surface area contributed by atoms with Gasteiger partial charge in [0, 0.05) is 12.1 Å². The van der Waals surface area contributed by atoms with Crippen LogP contribution in [-0.2, 0) is 4.79 Å². The summed E-state index contributed by atoms with van der Waals surface area (Å²) in [7, 11) is 0. The van der Waals surface area contributed by atoms with Crippen LogP contribution in [0, 0.1) is 23.2 Å². The average Bonchev–Trinajstić information content (AvgIpc) is 2.50. The average molecular weight is 290 g/mol. The number of hydrogen-bond acceptors (Lipinski definition) is 2. The van der Waals surface area contributed by atoms with Crippen LogP contribution in [0.25, 0.3) is 0 Å². The lowest BCUT2D eigenvalue weighted by molar-refractivity contribution is -0.141. The SMILES string of the molecule is CC(C)C(C#N)C(=O)N(C1CCCCC1)C1CCCCC1. The van der Waals surface area contributed by atoms with Gasteiger partial charge in [-0.1, -0.05) is 52.4 Å². The Balaban J connectivity index is 2.17. The van der Waals surface area contributed by atoms with Gasteiger partial charge in [0.2, 0.25) is 5.91 Å². The van der Waals surface area contributed by atoms with E-state index in [0.29, 0.717) is 12.1 Å². The molecule has 0 aromatic carbocycles. The molecule has 2 fully saturated rings. The fourth-order valence-electron chi connectivity index (χ4n) is 4.03. The molecule has 21 heavy (non-hydrogen) atoms. The number of carbonyl (C=O) groups excluding carboxylic acids is 1. The van der Waals surface area contributed by atoms with Gasteiger partial charge in [0.1, 0.15) is 5.92 Å². The molecular weight excluding hydrogens is 260 g/mol. The zero-order chi connectivity index (χ0) is 15.2. The maximum Gasteiger partial charge on any atom is 0.240 e. The summed E-state index contributed by atoms with van der Waals surface area (Å²) in [5.41, 5.74) is 0. The van der Waals surface area contributed by atoms with Gasteiger partial charge in [0.25, 0.3) is 0 Å². The second kappa shape index (κ2) is 7.82. The largest absolute Gasteiger partial charge is 0.336 e. The molecule has 0 N–H and O–H groups in total. The molecule has 2 saturated carbocycles. The first-order valence-corrected chi connectivity index (χ1v) is 8.87. The van der Waals surface area contributed by atoms with Crippen molar-refractivity contribution in [2.45, 2.75) is 90.1 Å². The Morgan fingerprint density at radius 2 is 1.38 bits per heavy atom. The van der Waals surface area contributed by atoms with Crippen LogP contribution in [0.1, 0.15) is 78.1 Å². The Kier molecular flexibility index (Phi) is 6.08. The highest BCUT2D eigenvalue weighted by Crippen LogP contribution is 2.32. The van der Waals surface area contributed by atoms with Crippen molar-refractivity contribution >= 4 is 5.91 Å². The number of nitriles is 1. The van der Waals surface area contributed by atoms with Crippen LogP contribution < -0.4 is 0 Å². The molecule has 3 heteroatoms. The first kappa shape index (κ1) is 16.3. The number of amides is 1. The summed E-state index contributed by atoms with van der Waals surface area (Å²) in [6, 6.07) is 3.05. The van der Waals surface area contributed by atoms with E-state index in [1.54, 1.807) is 0 Å². The van der Waals surface area contributed by atoms with Crippen LogP contribution in [0.3, 0.4) is 0 Å². The number of nitrogens with zero attached hydrogens (tertiary/aromatic N) is 2. The lowest BCUT2D eigenvalue weighted by Gasteiger charge is -2.43. The van der Waals surface area contributed by atoms with E-state index in [-0.39, 0.29) is 11.8 Å². The van der Waals surface area contributed by atoms with Crippen molar-refractivity contribution in [2.24, 2.45) is 11.8 Å². The maximum atomic E-state index is 13.0. The van der Waals surface area contributed by atoms with Crippen molar-refractivity contribution in [3.05, 3.63) is 0 Å². The minimum atomic E-state index is -0.464. The van der Waals surface area contributed by atoms with Crippen molar-refractivity contribution in [2.75, 3.05) is 0 Å². The van der Waals surface area contributed by atoms with Gasteiger partial charge in [0.05, 0.1) is 6.07 Å². The van der Waals surface area contributed by atoms with Gasteiger partial charge in [-0.25, -0.2) is 0 Å². The van der Waals surface area contributed by atoms with Gasteiger partial charge in [-0.05, 0) is 31.6 Å². The van der Waals surface area contributed by atoms with E-state index in [1.165, 1.54) is 38.5 Å². The molecule has 0 aromatic heterocycles. The molecule has 1 atom stereocenters. The van der Waals surface area contributed by atoms with E-state index in [2.05, 4.69) is 11.0 Å². The summed E-state index contributed by atoms with van der Waals surface area (Å²) >= 11 is 0. The highest BCUT2D eigenvalue weighted by atomic mass is 16.2. The summed E-state index contributed by atoms with van der Waals surface area (Å²) in [5.74, 6) is -0.239. The molecule has 2 rings (SSSR count). The molecule has 0 aromatic rings. The third-order valence-corrected chi connectivity index (χ3v) is 5.26. The smallest absolute Gasteiger partial charge is 0.240 e. The third kappa shape index (κ3) is 3.99. The molecule has 2 aliphatic rings. The van der Waals surface area contributed by atoms with Crippen molar-refractivity contribution in [1.82, 2.24) is 4.90 Å². The van der Waals surface area contributed by atoms with Crippen molar-refractivity contribution < 1.29 is 4.79 Å². The predicted molar refractivity (Wildman–Crippen MR) is 84.5 cm³/mol. The van der Waals surface area contributed by atoms with Crippen LogP contribution in [0.2, 0.25) is 0 Å². The zero-order valence-electron chi connectivity index (χ0n) is 13.7. The number of carbonyl (C=O) groups is 1. The van der Waals surface area contributed by atoms with Crippen LogP contribution in [0.15, 0.2) is 0 Å². The zero-order valence-corrected chi connectivity index (χ0v) is 13.7. The second-order valence-corrected chi connectivity index (χ2v) is 7.18. The molecule has 0 saturated heterocycles. The molecule has 0 heterocycles. The van der Waals surface area contributed by atoms with Crippen LogP contribution in [-0.4, -0.2) is 22.9 Å². The van der Waals surface area contributed by atoms with Crippen LogP contribution >= 0.6 is 0 Å². The molecule has 0 aliphatic heterocycles. The molecule has 118 valence electrons. The molecule has 1 unspecified atom stereocenters. The first-order valence-electron chi connectivity index (χ1n) is 8.87. The fourth-order valence-corrected chi connectivity index (χ4v) is 4.03. The Hall–Kier alpha value is -1.04. The van der Waals surface area contributed by atoms with E-state index < -0.39 is 5.92 Å². The van der Waals surface area contributed by atoms with Crippen molar-refractivity contribution in [3.63, 3.8) is 0 Å². The molecule has 0 radical (unpaired) electrons. The number of rotatable bonds is 4. The van der Waals surface area contributed by atoms with Gasteiger partial charge < -0.3 is 4.90 Å². The minimum Gasteiger partial charge on any atom is -0.336 e. The van der Waals surface area contributed by atoms with Crippen LogP contribution in [0.4, 0.5) is 0 Å². The summed E-state index contributed by atoms with van der Waals surface area (Å²) in [4.78, 5) is 15.2. The molecule has 0 bridgehead atoms. The van der Waals surface area contributed by atoms with Gasteiger partial charge in [0.15, 0.2) is 0 Å². The predicted octanol–water partition coefficient (Wildman–Crippen LogP) is 4.28. The first-order chi connectivity index (χ1) is 10.1. The maximum absolute atomic E-state index is 13.0. The van der Waals surface area contributed by atoms with Gasteiger partial charge in [-0.15, -0.1) is 0 Å². The van der Waals surface area contributed by atoms with E-state index >= 15 is 0 Å². The van der Waals surface area contributed by atoms with Gasteiger partial charge in [-0.3, -0.25) is 4.79 Å². The Morgan fingerprint density at radius 3 is 1.71 bits per heavy atom. The Labute approximate surface area is 129 Å². The molecular formula is C18H30N2O. The standard InChI is InChI=1S/C18H30N2O/c1-14(2)17(13-19)18(21)20(15-9-5-3-6-10-15)16-11-7-4-8-12-16/h14-17H,3-12H2,1-2H3. The number of hydrogen-bond donors (Lipinski definition) is 0. The fraction of sp³-hybridized carbons (Fsp3) is 0.889. The van der Waals surface area contributed by atoms with E-state index in [0.717, 1.165) is 25.7 Å². The molecule has 1 amide bonds. The molecule has 3 nitrogen and oxygen atoms in total. The highest BCUT2D eigenvalue weighted by molar-refractivity contribution is 5.82. The normalized spacial score (nSPS) is 22.8. The van der Waals surface area contributed by atoms with E-state index in [9.17, 15) is 10.1 Å². The minimum absolute atomic E-state index is 0.109. The third-order valence-electron chi connectivity index (χ3n) is 5.26. The summed E-state index contributed by atoms with van der Waals surface area (Å²) < 4.78 is 0. The van der Waals surface area contributed by atoms with Crippen molar-refractivity contribution in [1.29, 1.82) is 5.26 Å². The second-order valence-electron chi connectivity index (χ2n) is 7.18. The molecule has 0 spiro atoms. The van der Waals surface area contributed by atoms with Crippen molar-refractivity contribution in [3.8, 4) is 6.07 Å². The van der Waals surface area contributed by atoms with E-state index in [1.807, 2.05) is 13.8 Å². The monoisotopic (exact) mass is 290 g/mol. The van der Waals surface area contributed by atoms with Crippen LogP contribution in [0.5, 0.6) is 0 Å².